The fourth-order valence-corrected chi connectivity index (χ4v) is 9.10. The number of anilines is 2. The predicted molar refractivity (Wildman–Crippen MR) is 214 cm³/mol. The number of aromatic carboxylic acids is 1. The lowest BCUT2D eigenvalue weighted by atomic mass is 9.97. The smallest absolute Gasteiger partial charge is 0.357 e. The first-order valence-corrected chi connectivity index (χ1v) is 19.9. The van der Waals surface area contributed by atoms with Gasteiger partial charge in [0.2, 0.25) is 0 Å². The van der Waals surface area contributed by atoms with Gasteiger partial charge >= 0.3 is 5.97 Å². The third-order valence-electron chi connectivity index (χ3n) is 10.9. The number of halogens is 4. The molecule has 2 saturated carbocycles. The van der Waals surface area contributed by atoms with Gasteiger partial charge in [-0.15, -0.1) is 0 Å². The molecule has 1 amide bonds. The Labute approximate surface area is 336 Å². The van der Waals surface area contributed by atoms with Crippen molar-refractivity contribution in [2.24, 2.45) is 29.4 Å². The van der Waals surface area contributed by atoms with E-state index >= 15 is 0 Å². The van der Waals surface area contributed by atoms with Crippen molar-refractivity contribution in [2.45, 2.75) is 64.5 Å². The Balaban J connectivity index is 0.000000156. The van der Waals surface area contributed by atoms with E-state index in [4.69, 9.17) is 10.8 Å². The molecule has 4 aromatic heterocycles. The van der Waals surface area contributed by atoms with Gasteiger partial charge in [0.05, 0.1) is 0 Å². The number of hydrogen-bond donors (Lipinski definition) is 3. The number of nitrogens with two attached hydrogens (primary N) is 1. The van der Waals surface area contributed by atoms with Gasteiger partial charge in [-0.3, -0.25) is 4.79 Å². The van der Waals surface area contributed by atoms with E-state index in [-0.39, 0.29) is 16.8 Å². The summed E-state index contributed by atoms with van der Waals surface area (Å²) >= 11 is 6.84. The highest BCUT2D eigenvalue weighted by Crippen LogP contribution is 2.45. The molecule has 8 rings (SSSR count). The number of carbonyl (C=O) groups excluding carboxylic acids is 1. The Bertz CT molecular complexity index is 1990. The zero-order valence-electron chi connectivity index (χ0n) is 31.3. The summed E-state index contributed by atoms with van der Waals surface area (Å²) in [7, 11) is 0. The Morgan fingerprint density at radius 3 is 1.55 bits per heavy atom. The van der Waals surface area contributed by atoms with Crippen LogP contribution in [0.2, 0.25) is 0 Å². The minimum atomic E-state index is -1.34. The standard InChI is InChI=1S/C20H22BrFN4O.C13H18BrN3.C7H6FNO2/c1-12-3-5-16(22)18(24-12)19(27)25-20(2)7-13-10-26(11-14(13)8-20)17-6-4-15(21)9-23-17;1-13(15)4-9-7-17(8-10(9)5-13)12-3-2-11(14)6-16-12;1-4-2-3-5(8)6(9-4)7(10)11/h3-6,9,13-14H,7-8,10-11H2,1-2H3,(H,25,27);2-3,6,9-10H,4-5,7-8,15H2,1H3;2-3H,1H3,(H,10,11). The van der Waals surface area contributed by atoms with Gasteiger partial charge in [-0.05, 0) is 157 Å². The Kier molecular flexibility index (Phi) is 12.2. The first-order chi connectivity index (χ1) is 26.0. The van der Waals surface area contributed by atoms with E-state index in [0.29, 0.717) is 23.2 Å². The van der Waals surface area contributed by atoms with Crippen LogP contribution in [0.15, 0.2) is 69.9 Å². The number of carboxylic acids is 1. The van der Waals surface area contributed by atoms with E-state index in [1.54, 1.807) is 19.9 Å². The second-order valence-corrected chi connectivity index (χ2v) is 17.7. The van der Waals surface area contributed by atoms with Crippen LogP contribution in [0.25, 0.3) is 0 Å². The zero-order valence-corrected chi connectivity index (χ0v) is 34.4. The predicted octanol–water partition coefficient (Wildman–Crippen LogP) is 7.36. The largest absolute Gasteiger partial charge is 0.476 e. The van der Waals surface area contributed by atoms with Crippen LogP contribution >= 0.6 is 31.9 Å². The molecule has 0 aromatic carbocycles. The monoisotopic (exact) mass is 882 g/mol. The number of carbonyl (C=O) groups is 2. The van der Waals surface area contributed by atoms with Crippen molar-refractivity contribution in [3.05, 3.63) is 104 Å². The van der Waals surface area contributed by atoms with E-state index in [9.17, 15) is 18.4 Å². The molecule has 55 heavy (non-hydrogen) atoms. The number of nitrogens with one attached hydrogen (secondary N) is 1. The van der Waals surface area contributed by atoms with Crippen LogP contribution in [0.3, 0.4) is 0 Å². The lowest BCUT2D eigenvalue weighted by Crippen LogP contribution is -2.45. The van der Waals surface area contributed by atoms with Crippen LogP contribution in [-0.2, 0) is 0 Å². The third-order valence-corrected chi connectivity index (χ3v) is 11.8. The summed E-state index contributed by atoms with van der Waals surface area (Å²) in [6.07, 6.45) is 7.76. The quantitative estimate of drug-likeness (QED) is 0.186. The molecule has 2 aliphatic heterocycles. The lowest BCUT2D eigenvalue weighted by Gasteiger charge is -2.28. The summed E-state index contributed by atoms with van der Waals surface area (Å²) in [5.74, 6) is 1.45. The molecule has 11 nitrogen and oxygen atoms in total. The van der Waals surface area contributed by atoms with Gasteiger partial charge in [0.25, 0.3) is 5.91 Å². The van der Waals surface area contributed by atoms with Crippen molar-refractivity contribution in [1.29, 1.82) is 0 Å². The summed E-state index contributed by atoms with van der Waals surface area (Å²) in [5.41, 5.74) is 6.45. The molecule has 4 N–H and O–H groups in total. The number of aryl methyl sites for hydroxylation is 2. The lowest BCUT2D eigenvalue weighted by molar-refractivity contribution is 0.0684. The highest BCUT2D eigenvalue weighted by Gasteiger charge is 2.48. The van der Waals surface area contributed by atoms with Crippen LogP contribution in [-0.4, -0.2) is 74.2 Å². The second-order valence-electron chi connectivity index (χ2n) is 15.9. The number of amides is 1. The van der Waals surface area contributed by atoms with E-state index in [2.05, 4.69) is 92.9 Å². The zero-order chi connectivity index (χ0) is 39.7. The molecule has 4 atom stereocenters. The number of pyridine rings is 4. The fraction of sp³-hybridized carbons (Fsp3) is 0.450. The molecule has 4 aliphatic rings. The van der Waals surface area contributed by atoms with Gasteiger partial charge in [0.15, 0.2) is 23.0 Å². The van der Waals surface area contributed by atoms with Crippen molar-refractivity contribution in [1.82, 2.24) is 25.3 Å². The number of hydrogen-bond acceptors (Lipinski definition) is 9. The average Bonchev–Trinajstić information content (AvgIpc) is 3.84. The average molecular weight is 885 g/mol. The molecule has 292 valence electrons. The Morgan fingerprint density at radius 1 is 0.727 bits per heavy atom. The van der Waals surface area contributed by atoms with Gasteiger partial charge in [-0.2, -0.15) is 0 Å². The van der Waals surface area contributed by atoms with Gasteiger partial charge in [-0.1, -0.05) is 0 Å². The van der Waals surface area contributed by atoms with Crippen molar-refractivity contribution in [3.8, 4) is 0 Å². The summed E-state index contributed by atoms with van der Waals surface area (Å²) < 4.78 is 28.6. The summed E-state index contributed by atoms with van der Waals surface area (Å²) in [4.78, 5) is 44.1. The summed E-state index contributed by atoms with van der Waals surface area (Å²) in [5, 5.41) is 11.4. The highest BCUT2D eigenvalue weighted by molar-refractivity contribution is 9.10. The van der Waals surface area contributed by atoms with E-state index in [1.807, 2.05) is 24.5 Å². The molecular formula is C40H46Br2F2N8O3. The molecule has 4 aromatic rings. The van der Waals surface area contributed by atoms with Crippen LogP contribution in [0.1, 0.15) is 71.9 Å². The number of carboxylic acid groups (broad SMARTS) is 1. The molecular weight excluding hydrogens is 838 g/mol. The number of nitrogens with zero attached hydrogens (tertiary/aromatic N) is 6. The van der Waals surface area contributed by atoms with Crippen molar-refractivity contribution < 1.29 is 23.5 Å². The van der Waals surface area contributed by atoms with E-state index < -0.39 is 29.2 Å². The summed E-state index contributed by atoms with van der Waals surface area (Å²) in [6, 6.07) is 13.6. The molecule has 4 fully saturated rings. The van der Waals surface area contributed by atoms with Crippen molar-refractivity contribution in [3.63, 3.8) is 0 Å². The van der Waals surface area contributed by atoms with Gasteiger partial charge in [0, 0.05) is 70.0 Å². The first kappa shape index (κ1) is 40.6. The molecule has 0 spiro atoms. The fourth-order valence-electron chi connectivity index (χ4n) is 8.63. The third kappa shape index (κ3) is 10.0. The molecule has 4 unspecified atom stereocenters. The summed E-state index contributed by atoms with van der Waals surface area (Å²) in [6.45, 7) is 11.7. The molecule has 2 aliphatic carbocycles. The van der Waals surface area contributed by atoms with Crippen LogP contribution < -0.4 is 20.9 Å². The Morgan fingerprint density at radius 2 is 1.15 bits per heavy atom. The molecule has 0 radical (unpaired) electrons. The van der Waals surface area contributed by atoms with Crippen LogP contribution in [0, 0.1) is 49.2 Å². The SMILES string of the molecule is CC1(N)CC2CN(c3ccc(Br)cn3)CC2C1.Cc1ccc(F)c(C(=O)NC2(C)CC3CN(c4ccc(Br)cn4)CC3C2)n1.Cc1ccc(F)c(C(=O)O)n1. The minimum Gasteiger partial charge on any atom is -0.476 e. The second kappa shape index (κ2) is 16.6. The number of aromatic nitrogens is 4. The van der Waals surface area contributed by atoms with Crippen LogP contribution in [0.5, 0.6) is 0 Å². The number of rotatable bonds is 5. The van der Waals surface area contributed by atoms with E-state index in [1.165, 1.54) is 12.1 Å². The van der Waals surface area contributed by atoms with Gasteiger partial charge in [0.1, 0.15) is 11.6 Å². The normalized spacial score (nSPS) is 26.3. The molecule has 0 bridgehead atoms. The number of fused-ring (bicyclic) bond motifs is 2. The van der Waals surface area contributed by atoms with Crippen molar-refractivity contribution >= 4 is 55.4 Å². The van der Waals surface area contributed by atoms with E-state index in [0.717, 1.165) is 90.3 Å². The maximum absolute atomic E-state index is 14.0. The van der Waals surface area contributed by atoms with Crippen molar-refractivity contribution in [2.75, 3.05) is 36.0 Å². The maximum atomic E-state index is 14.0. The minimum absolute atomic E-state index is 0.0641. The molecule has 15 heteroatoms. The van der Waals surface area contributed by atoms with Gasteiger partial charge in [-0.25, -0.2) is 33.5 Å². The Hall–Kier alpha value is -4.08. The first-order valence-electron chi connectivity index (χ1n) is 18.3. The maximum Gasteiger partial charge on any atom is 0.357 e. The van der Waals surface area contributed by atoms with Gasteiger partial charge < -0.3 is 26.0 Å². The molecule has 6 heterocycles. The molecule has 2 saturated heterocycles. The topological polar surface area (TPSA) is 150 Å². The van der Waals surface area contributed by atoms with Crippen LogP contribution in [0.4, 0.5) is 20.4 Å². The highest BCUT2D eigenvalue weighted by atomic mass is 79.9.